The third kappa shape index (κ3) is 4.80. The standard InChI is InChI=1S/C26H26N2O7S/c1-15-4-7-18(8-5-15)36(32,33)24-14-27-20-9-6-17(13-19(20)24)28-21(26(30)31)10-16-11-22(34-2)25(29)23(12-16)35-3/h4-9,11-14,21,27-29H,10H2,1-3H3,(H,30,31)/t21-/m1/s1. The number of hydrogen-bond acceptors (Lipinski definition) is 7. The van der Waals surface area contributed by atoms with Crippen molar-refractivity contribution >= 4 is 32.4 Å². The first kappa shape index (κ1) is 24.9. The van der Waals surface area contributed by atoms with Crippen LogP contribution in [0.25, 0.3) is 10.9 Å². The average molecular weight is 511 g/mol. The third-order valence-corrected chi connectivity index (χ3v) is 7.69. The molecule has 1 heterocycles. The Morgan fingerprint density at radius 3 is 2.25 bits per heavy atom. The summed E-state index contributed by atoms with van der Waals surface area (Å²) in [6.45, 7) is 1.88. The number of carboxylic acids is 1. The molecule has 4 N–H and O–H groups in total. The largest absolute Gasteiger partial charge is 0.502 e. The molecule has 0 fully saturated rings. The number of fused-ring (bicyclic) bond motifs is 1. The predicted molar refractivity (Wildman–Crippen MR) is 135 cm³/mol. The van der Waals surface area contributed by atoms with Crippen LogP contribution in [0.1, 0.15) is 11.1 Å². The number of nitrogens with one attached hydrogen (secondary N) is 2. The lowest BCUT2D eigenvalue weighted by Crippen LogP contribution is -2.31. The van der Waals surface area contributed by atoms with E-state index in [1.807, 2.05) is 6.92 Å². The van der Waals surface area contributed by atoms with Crippen LogP contribution in [-0.2, 0) is 21.1 Å². The number of H-pyrrole nitrogens is 1. The molecule has 1 aromatic heterocycles. The highest BCUT2D eigenvalue weighted by atomic mass is 32.2. The Morgan fingerprint density at radius 1 is 1.03 bits per heavy atom. The minimum Gasteiger partial charge on any atom is -0.502 e. The van der Waals surface area contributed by atoms with Crippen LogP contribution in [0.4, 0.5) is 5.69 Å². The lowest BCUT2D eigenvalue weighted by Gasteiger charge is -2.18. The number of hydrogen-bond donors (Lipinski definition) is 4. The van der Waals surface area contributed by atoms with E-state index in [4.69, 9.17) is 9.47 Å². The van der Waals surface area contributed by atoms with Gasteiger partial charge in [0.05, 0.1) is 24.0 Å². The Hall–Kier alpha value is -4.18. The van der Waals surface area contributed by atoms with Crippen molar-refractivity contribution < 1.29 is 32.9 Å². The molecule has 1 atom stereocenters. The number of phenolic OH excluding ortho intramolecular Hbond substituents is 1. The molecule has 0 aliphatic heterocycles. The summed E-state index contributed by atoms with van der Waals surface area (Å²) < 4.78 is 36.9. The molecule has 0 aliphatic carbocycles. The topological polar surface area (TPSA) is 138 Å². The predicted octanol–water partition coefficient (Wildman–Crippen LogP) is 4.14. The van der Waals surface area contributed by atoms with Gasteiger partial charge in [-0.25, -0.2) is 13.2 Å². The summed E-state index contributed by atoms with van der Waals surface area (Å²) in [6, 6.07) is 13.6. The highest BCUT2D eigenvalue weighted by Gasteiger charge is 2.24. The lowest BCUT2D eigenvalue weighted by atomic mass is 10.0. The van der Waals surface area contributed by atoms with Crippen molar-refractivity contribution in [2.45, 2.75) is 29.2 Å². The van der Waals surface area contributed by atoms with Gasteiger partial charge in [0.1, 0.15) is 6.04 Å². The van der Waals surface area contributed by atoms with E-state index in [1.165, 1.54) is 32.5 Å². The number of carboxylic acid groups (broad SMARTS) is 1. The average Bonchev–Trinajstić information content (AvgIpc) is 3.29. The second-order valence-corrected chi connectivity index (χ2v) is 10.2. The van der Waals surface area contributed by atoms with Gasteiger partial charge >= 0.3 is 5.97 Å². The number of rotatable bonds is 9. The first-order valence-corrected chi connectivity index (χ1v) is 12.5. The summed E-state index contributed by atoms with van der Waals surface area (Å²) in [5.74, 6) is -0.965. The molecular formula is C26H26N2O7S. The molecule has 0 radical (unpaired) electrons. The zero-order valence-corrected chi connectivity index (χ0v) is 20.7. The van der Waals surface area contributed by atoms with E-state index < -0.39 is 21.8 Å². The van der Waals surface area contributed by atoms with Crippen LogP contribution < -0.4 is 14.8 Å². The van der Waals surface area contributed by atoms with Gasteiger partial charge < -0.3 is 30.0 Å². The maximum Gasteiger partial charge on any atom is 0.326 e. The van der Waals surface area contributed by atoms with Crippen molar-refractivity contribution in [1.82, 2.24) is 4.98 Å². The van der Waals surface area contributed by atoms with Gasteiger partial charge in [0.25, 0.3) is 0 Å². The molecular weight excluding hydrogens is 484 g/mol. The maximum absolute atomic E-state index is 13.3. The van der Waals surface area contributed by atoms with Crippen molar-refractivity contribution in [2.75, 3.05) is 19.5 Å². The minimum absolute atomic E-state index is 0.0437. The maximum atomic E-state index is 13.3. The smallest absolute Gasteiger partial charge is 0.326 e. The zero-order chi connectivity index (χ0) is 26.0. The van der Waals surface area contributed by atoms with Crippen LogP contribution in [0.3, 0.4) is 0 Å². The highest BCUT2D eigenvalue weighted by molar-refractivity contribution is 7.91. The van der Waals surface area contributed by atoms with E-state index in [9.17, 15) is 23.4 Å². The highest BCUT2D eigenvalue weighted by Crippen LogP contribution is 2.37. The van der Waals surface area contributed by atoms with Crippen LogP contribution >= 0.6 is 0 Å². The molecule has 4 aromatic rings. The number of aliphatic carboxylic acids is 1. The lowest BCUT2D eigenvalue weighted by molar-refractivity contribution is -0.137. The van der Waals surface area contributed by atoms with Crippen molar-refractivity contribution in [3.05, 3.63) is 71.9 Å². The Labute approximate surface area is 208 Å². The second-order valence-electron chi connectivity index (χ2n) is 8.32. The summed E-state index contributed by atoms with van der Waals surface area (Å²) in [5.41, 5.74) is 2.55. The van der Waals surface area contributed by atoms with E-state index in [-0.39, 0.29) is 33.5 Å². The number of anilines is 1. The quantitative estimate of drug-likeness (QED) is 0.264. The van der Waals surface area contributed by atoms with Crippen LogP contribution in [0, 0.1) is 6.92 Å². The molecule has 0 spiro atoms. The number of sulfone groups is 1. The van der Waals surface area contributed by atoms with Crippen molar-refractivity contribution in [2.24, 2.45) is 0 Å². The van der Waals surface area contributed by atoms with E-state index in [0.29, 0.717) is 22.2 Å². The number of aromatic nitrogens is 1. The van der Waals surface area contributed by atoms with E-state index >= 15 is 0 Å². The number of aryl methyl sites for hydroxylation is 1. The SMILES string of the molecule is COc1cc(C[C@@H](Nc2ccc3[nH]cc(S(=O)(=O)c4ccc(C)cc4)c3c2)C(=O)O)cc(OC)c1O. The monoisotopic (exact) mass is 510 g/mol. The summed E-state index contributed by atoms with van der Waals surface area (Å²) in [6.07, 6.45) is 1.48. The molecule has 36 heavy (non-hydrogen) atoms. The molecule has 0 saturated carbocycles. The van der Waals surface area contributed by atoms with Gasteiger partial charge in [-0.15, -0.1) is 0 Å². The molecule has 3 aromatic carbocycles. The summed E-state index contributed by atoms with van der Waals surface area (Å²) in [5, 5.41) is 23.4. The molecule has 10 heteroatoms. The number of aromatic hydroxyl groups is 1. The summed E-state index contributed by atoms with van der Waals surface area (Å²) in [7, 11) is -1.02. The van der Waals surface area contributed by atoms with Crippen molar-refractivity contribution in [3.8, 4) is 17.2 Å². The minimum atomic E-state index is -3.80. The molecule has 0 saturated heterocycles. The van der Waals surface area contributed by atoms with Crippen LogP contribution in [0.5, 0.6) is 17.2 Å². The Kier molecular flexibility index (Phi) is 6.80. The molecule has 0 amide bonds. The number of ether oxygens (including phenoxy) is 2. The summed E-state index contributed by atoms with van der Waals surface area (Å²) >= 11 is 0. The Bertz CT molecular complexity index is 1500. The van der Waals surface area contributed by atoms with Crippen LogP contribution in [-0.4, -0.2) is 49.8 Å². The van der Waals surface area contributed by atoms with Gasteiger partial charge in [-0.3, -0.25) is 0 Å². The molecule has 0 aliphatic rings. The fourth-order valence-electron chi connectivity index (χ4n) is 3.95. The third-order valence-electron chi connectivity index (χ3n) is 5.88. The first-order chi connectivity index (χ1) is 17.1. The Balaban J connectivity index is 1.66. The summed E-state index contributed by atoms with van der Waals surface area (Å²) in [4.78, 5) is 15.3. The van der Waals surface area contributed by atoms with Gasteiger partial charge in [-0.1, -0.05) is 17.7 Å². The number of carbonyl (C=O) groups is 1. The molecule has 9 nitrogen and oxygen atoms in total. The number of methoxy groups -OCH3 is 2. The number of aromatic amines is 1. The fraction of sp³-hybridized carbons (Fsp3) is 0.192. The van der Waals surface area contributed by atoms with Crippen LogP contribution in [0.15, 0.2) is 70.6 Å². The molecule has 0 bridgehead atoms. The van der Waals surface area contributed by atoms with Crippen molar-refractivity contribution in [1.29, 1.82) is 0 Å². The van der Waals surface area contributed by atoms with Gasteiger partial charge in [-0.2, -0.15) is 0 Å². The molecule has 4 rings (SSSR count). The van der Waals surface area contributed by atoms with Crippen LogP contribution in [0.2, 0.25) is 0 Å². The number of benzene rings is 3. The van der Waals surface area contributed by atoms with Gasteiger partial charge in [-0.05, 0) is 55.0 Å². The van der Waals surface area contributed by atoms with E-state index in [0.717, 1.165) is 5.56 Å². The van der Waals surface area contributed by atoms with E-state index in [2.05, 4.69) is 10.3 Å². The first-order valence-electron chi connectivity index (χ1n) is 11.0. The fourth-order valence-corrected chi connectivity index (χ4v) is 5.37. The molecule has 188 valence electrons. The number of phenols is 1. The van der Waals surface area contributed by atoms with E-state index in [1.54, 1.807) is 42.5 Å². The Morgan fingerprint density at radius 2 is 1.67 bits per heavy atom. The van der Waals surface area contributed by atoms with Gasteiger partial charge in [0.15, 0.2) is 11.5 Å². The second kappa shape index (κ2) is 9.82. The molecule has 0 unspecified atom stereocenters. The normalized spacial score (nSPS) is 12.3. The van der Waals surface area contributed by atoms with Crippen molar-refractivity contribution in [3.63, 3.8) is 0 Å². The zero-order valence-electron chi connectivity index (χ0n) is 19.9. The van der Waals surface area contributed by atoms with Gasteiger partial charge in [0, 0.05) is 29.2 Å². The van der Waals surface area contributed by atoms with Gasteiger partial charge in [0.2, 0.25) is 15.6 Å².